The third-order valence-electron chi connectivity index (χ3n) is 3.85. The molecule has 0 radical (unpaired) electrons. The van der Waals surface area contributed by atoms with Gasteiger partial charge < -0.3 is 0 Å². The lowest BCUT2D eigenvalue weighted by Crippen LogP contribution is -2.12. The summed E-state index contributed by atoms with van der Waals surface area (Å²) in [6.07, 6.45) is 7.20. The Hall–Kier alpha value is -0.490. The highest BCUT2D eigenvalue weighted by molar-refractivity contribution is 5.85. The molecule has 1 aromatic carbocycles. The lowest BCUT2D eigenvalue weighted by Gasteiger charge is -2.25. The van der Waals surface area contributed by atoms with E-state index in [0.717, 1.165) is 11.8 Å². The van der Waals surface area contributed by atoms with E-state index in [1.165, 1.54) is 32.1 Å². The minimum atomic E-state index is 0. The van der Waals surface area contributed by atoms with Crippen LogP contribution in [0.3, 0.4) is 0 Å². The van der Waals surface area contributed by atoms with Crippen LogP contribution >= 0.6 is 12.4 Å². The van der Waals surface area contributed by atoms with E-state index in [-0.39, 0.29) is 12.4 Å². The third-order valence-corrected chi connectivity index (χ3v) is 3.85. The zero-order chi connectivity index (χ0) is 8.67. The van der Waals surface area contributed by atoms with Gasteiger partial charge in [-0.1, -0.05) is 37.1 Å². The second-order valence-corrected chi connectivity index (χ2v) is 4.55. The van der Waals surface area contributed by atoms with Gasteiger partial charge in [-0.25, -0.2) is 0 Å². The van der Waals surface area contributed by atoms with E-state index in [0.29, 0.717) is 0 Å². The predicted molar refractivity (Wildman–Crippen MR) is 62.1 cm³/mol. The number of halogens is 1. The van der Waals surface area contributed by atoms with Gasteiger partial charge in [0.15, 0.2) is 0 Å². The Morgan fingerprint density at radius 1 is 1.00 bits per heavy atom. The summed E-state index contributed by atoms with van der Waals surface area (Å²) >= 11 is 0. The standard InChI is InChI=1S/C13H16.ClH/c1-3-7-12-10(5-1)9-11-6-2-4-8-13(11)12;/h1,3,5,7,11,13H,2,4,6,8-9H2;1H. The molecular formula is C13H17Cl. The maximum Gasteiger partial charge on any atom is -0.0128 e. The Morgan fingerprint density at radius 2 is 1.79 bits per heavy atom. The van der Waals surface area contributed by atoms with E-state index in [1.54, 1.807) is 11.1 Å². The molecule has 0 nitrogen and oxygen atoms in total. The highest BCUT2D eigenvalue weighted by Gasteiger charge is 2.33. The largest absolute Gasteiger partial charge is 0.147 e. The maximum atomic E-state index is 2.35. The van der Waals surface area contributed by atoms with Crippen molar-refractivity contribution in [1.29, 1.82) is 0 Å². The van der Waals surface area contributed by atoms with E-state index >= 15 is 0 Å². The molecule has 0 aromatic heterocycles. The zero-order valence-corrected chi connectivity index (χ0v) is 9.22. The fourth-order valence-corrected chi connectivity index (χ4v) is 3.23. The number of hydrogen-bond acceptors (Lipinski definition) is 0. The highest BCUT2D eigenvalue weighted by atomic mass is 35.5. The molecule has 0 amide bonds. The second-order valence-electron chi connectivity index (χ2n) is 4.55. The Kier molecular flexibility index (Phi) is 2.83. The van der Waals surface area contributed by atoms with Crippen molar-refractivity contribution in [2.45, 2.75) is 38.0 Å². The molecule has 2 aliphatic rings. The number of hydrogen-bond donors (Lipinski definition) is 0. The molecule has 0 spiro atoms. The van der Waals surface area contributed by atoms with Crippen LogP contribution in [0, 0.1) is 5.92 Å². The fraction of sp³-hybridized carbons (Fsp3) is 0.538. The van der Waals surface area contributed by atoms with Gasteiger partial charge in [-0.3, -0.25) is 0 Å². The number of rotatable bonds is 0. The monoisotopic (exact) mass is 208 g/mol. The molecular weight excluding hydrogens is 192 g/mol. The summed E-state index contributed by atoms with van der Waals surface area (Å²) in [6.45, 7) is 0. The summed E-state index contributed by atoms with van der Waals surface area (Å²) in [4.78, 5) is 0. The molecule has 2 unspecified atom stereocenters. The molecule has 76 valence electrons. The molecule has 1 heteroatoms. The normalized spacial score (nSPS) is 28.9. The van der Waals surface area contributed by atoms with Crippen LogP contribution in [-0.4, -0.2) is 0 Å². The van der Waals surface area contributed by atoms with Crippen LogP contribution in [0.5, 0.6) is 0 Å². The average molecular weight is 209 g/mol. The first-order valence-corrected chi connectivity index (χ1v) is 5.53. The highest BCUT2D eigenvalue weighted by Crippen LogP contribution is 2.46. The second kappa shape index (κ2) is 3.94. The van der Waals surface area contributed by atoms with Gasteiger partial charge in [0, 0.05) is 0 Å². The number of benzene rings is 1. The van der Waals surface area contributed by atoms with E-state index < -0.39 is 0 Å². The molecule has 0 saturated heterocycles. The van der Waals surface area contributed by atoms with Crippen LogP contribution in [-0.2, 0) is 6.42 Å². The summed E-state index contributed by atoms with van der Waals surface area (Å²) in [5, 5.41) is 0. The van der Waals surface area contributed by atoms with Crippen molar-refractivity contribution in [1.82, 2.24) is 0 Å². The van der Waals surface area contributed by atoms with Crippen LogP contribution in [0.1, 0.15) is 42.7 Å². The van der Waals surface area contributed by atoms with Crippen molar-refractivity contribution in [2.75, 3.05) is 0 Å². The van der Waals surface area contributed by atoms with E-state index in [1.807, 2.05) is 0 Å². The third kappa shape index (κ3) is 1.46. The van der Waals surface area contributed by atoms with Crippen LogP contribution in [0.4, 0.5) is 0 Å². The summed E-state index contributed by atoms with van der Waals surface area (Å²) in [5.74, 6) is 1.91. The quantitative estimate of drug-likeness (QED) is 0.606. The molecule has 1 saturated carbocycles. The topological polar surface area (TPSA) is 0 Å². The Balaban J connectivity index is 0.000000750. The first-order valence-electron chi connectivity index (χ1n) is 5.53. The Morgan fingerprint density at radius 3 is 2.71 bits per heavy atom. The van der Waals surface area contributed by atoms with Crippen molar-refractivity contribution >= 4 is 12.4 Å². The van der Waals surface area contributed by atoms with Crippen LogP contribution < -0.4 is 0 Å². The molecule has 14 heavy (non-hydrogen) atoms. The van der Waals surface area contributed by atoms with Crippen LogP contribution in [0.25, 0.3) is 0 Å². The van der Waals surface area contributed by atoms with Crippen molar-refractivity contribution in [3.05, 3.63) is 35.4 Å². The van der Waals surface area contributed by atoms with E-state index in [4.69, 9.17) is 0 Å². The Labute approximate surface area is 92.1 Å². The van der Waals surface area contributed by atoms with Crippen molar-refractivity contribution in [2.24, 2.45) is 5.92 Å². The molecule has 3 rings (SSSR count). The molecule has 0 bridgehead atoms. The first-order chi connectivity index (χ1) is 6.45. The Bertz CT molecular complexity index is 319. The number of fused-ring (bicyclic) bond motifs is 3. The van der Waals surface area contributed by atoms with Crippen molar-refractivity contribution in [3.8, 4) is 0 Å². The minimum absolute atomic E-state index is 0. The van der Waals surface area contributed by atoms with Gasteiger partial charge in [-0.05, 0) is 42.2 Å². The zero-order valence-electron chi connectivity index (χ0n) is 8.41. The smallest absolute Gasteiger partial charge is 0.0128 e. The van der Waals surface area contributed by atoms with Gasteiger partial charge in [0.2, 0.25) is 0 Å². The van der Waals surface area contributed by atoms with Gasteiger partial charge >= 0.3 is 0 Å². The molecule has 2 aliphatic carbocycles. The SMILES string of the molecule is Cl.c1ccc2c(c1)CC1CCCCC21. The molecule has 1 aromatic rings. The predicted octanol–water partition coefficient (Wildman–Crippen LogP) is 3.94. The molecule has 0 N–H and O–H groups in total. The van der Waals surface area contributed by atoms with Gasteiger partial charge in [0.1, 0.15) is 0 Å². The fourth-order valence-electron chi connectivity index (χ4n) is 3.23. The molecule has 0 heterocycles. The molecule has 0 aliphatic heterocycles. The lowest BCUT2D eigenvalue weighted by atomic mass is 9.80. The molecule has 2 atom stereocenters. The lowest BCUT2D eigenvalue weighted by molar-refractivity contribution is 0.330. The first kappa shape index (κ1) is 10.0. The summed E-state index contributed by atoms with van der Waals surface area (Å²) in [6, 6.07) is 9.07. The minimum Gasteiger partial charge on any atom is -0.147 e. The molecule has 1 fully saturated rings. The van der Waals surface area contributed by atoms with Crippen LogP contribution in [0.15, 0.2) is 24.3 Å². The van der Waals surface area contributed by atoms with Crippen molar-refractivity contribution in [3.63, 3.8) is 0 Å². The van der Waals surface area contributed by atoms with Gasteiger partial charge in [0.05, 0.1) is 0 Å². The van der Waals surface area contributed by atoms with Gasteiger partial charge in [0.25, 0.3) is 0 Å². The maximum absolute atomic E-state index is 2.35. The van der Waals surface area contributed by atoms with E-state index in [9.17, 15) is 0 Å². The summed E-state index contributed by atoms with van der Waals surface area (Å²) in [7, 11) is 0. The van der Waals surface area contributed by atoms with Crippen LogP contribution in [0.2, 0.25) is 0 Å². The average Bonchev–Trinajstić information content (AvgIpc) is 2.56. The van der Waals surface area contributed by atoms with E-state index in [2.05, 4.69) is 24.3 Å². The summed E-state index contributed by atoms with van der Waals surface area (Å²) < 4.78 is 0. The van der Waals surface area contributed by atoms with Gasteiger partial charge in [-0.2, -0.15) is 0 Å². The van der Waals surface area contributed by atoms with Gasteiger partial charge in [-0.15, -0.1) is 12.4 Å². The van der Waals surface area contributed by atoms with Crippen molar-refractivity contribution < 1.29 is 0 Å². The summed E-state index contributed by atoms with van der Waals surface area (Å²) in [5.41, 5.74) is 3.31.